The summed E-state index contributed by atoms with van der Waals surface area (Å²) in [5.41, 5.74) is 7.68. The quantitative estimate of drug-likeness (QED) is 0.659. The van der Waals surface area contributed by atoms with Crippen molar-refractivity contribution in [3.05, 3.63) is 30.1 Å². The molecule has 0 spiro atoms. The van der Waals surface area contributed by atoms with Gasteiger partial charge in [-0.2, -0.15) is 0 Å². The van der Waals surface area contributed by atoms with Crippen molar-refractivity contribution in [3.8, 4) is 11.8 Å². The maximum absolute atomic E-state index is 5.43. The second-order valence-corrected chi connectivity index (χ2v) is 4.18. The molecule has 94 valence electrons. The van der Waals surface area contributed by atoms with Crippen LogP contribution in [-0.2, 0) is 13.0 Å². The molecule has 2 rings (SSSR count). The lowest BCUT2D eigenvalue weighted by Crippen LogP contribution is -2.00. The van der Waals surface area contributed by atoms with Gasteiger partial charge in [0.2, 0.25) is 0 Å². The minimum Gasteiger partial charge on any atom is -0.330 e. The van der Waals surface area contributed by atoms with E-state index in [0.29, 0.717) is 13.0 Å². The summed E-state index contributed by atoms with van der Waals surface area (Å²) in [6, 6.07) is 8.23. The van der Waals surface area contributed by atoms with Crippen LogP contribution in [0.1, 0.15) is 25.6 Å². The molecule has 0 amide bonds. The number of nitrogens with zero attached hydrogens (tertiary/aromatic N) is 2. The Bertz CT molecular complexity index is 572. The highest BCUT2D eigenvalue weighted by Crippen LogP contribution is 2.15. The number of hydrogen-bond donors (Lipinski definition) is 1. The Balaban J connectivity index is 2.19. The van der Waals surface area contributed by atoms with E-state index in [0.717, 1.165) is 30.7 Å². The molecule has 2 aromatic rings. The molecule has 18 heavy (non-hydrogen) atoms. The first-order valence-corrected chi connectivity index (χ1v) is 6.46. The number of para-hydroxylation sites is 2. The van der Waals surface area contributed by atoms with Gasteiger partial charge in [-0.05, 0) is 32.0 Å². The van der Waals surface area contributed by atoms with Crippen LogP contribution in [0.15, 0.2) is 24.3 Å². The maximum Gasteiger partial charge on any atom is 0.121 e. The SMILES string of the molecule is CCn1c(CC#CCCCN)nc2ccccc21. The largest absolute Gasteiger partial charge is 0.330 e. The number of benzene rings is 1. The van der Waals surface area contributed by atoms with Crippen molar-refractivity contribution < 1.29 is 0 Å². The van der Waals surface area contributed by atoms with Crippen molar-refractivity contribution in [2.75, 3.05) is 6.54 Å². The first kappa shape index (κ1) is 12.7. The first-order valence-electron chi connectivity index (χ1n) is 6.46. The van der Waals surface area contributed by atoms with Crippen LogP contribution in [0.5, 0.6) is 0 Å². The number of aryl methyl sites for hydroxylation is 1. The number of unbranched alkanes of at least 4 members (excludes halogenated alkanes) is 1. The molecule has 0 aliphatic rings. The summed E-state index contributed by atoms with van der Waals surface area (Å²) >= 11 is 0. The van der Waals surface area contributed by atoms with Gasteiger partial charge in [-0.15, -0.1) is 5.92 Å². The van der Waals surface area contributed by atoms with Crippen molar-refractivity contribution in [1.29, 1.82) is 0 Å². The average molecular weight is 241 g/mol. The molecule has 3 heteroatoms. The maximum atomic E-state index is 5.43. The van der Waals surface area contributed by atoms with Gasteiger partial charge in [0.1, 0.15) is 5.82 Å². The van der Waals surface area contributed by atoms with Crippen LogP contribution in [0.25, 0.3) is 11.0 Å². The van der Waals surface area contributed by atoms with Crippen molar-refractivity contribution in [2.45, 2.75) is 32.7 Å². The van der Waals surface area contributed by atoms with E-state index in [4.69, 9.17) is 5.73 Å². The molecule has 2 N–H and O–H groups in total. The number of hydrogen-bond acceptors (Lipinski definition) is 2. The highest BCUT2D eigenvalue weighted by atomic mass is 15.1. The third kappa shape index (κ3) is 2.72. The van der Waals surface area contributed by atoms with Gasteiger partial charge in [-0.25, -0.2) is 4.98 Å². The summed E-state index contributed by atoms with van der Waals surface area (Å²) in [4.78, 5) is 4.64. The summed E-state index contributed by atoms with van der Waals surface area (Å²) in [7, 11) is 0. The van der Waals surface area contributed by atoms with Crippen LogP contribution in [0.2, 0.25) is 0 Å². The van der Waals surface area contributed by atoms with E-state index in [1.165, 1.54) is 5.52 Å². The lowest BCUT2D eigenvalue weighted by molar-refractivity contribution is 0.740. The molecule has 0 aliphatic heterocycles. The highest BCUT2D eigenvalue weighted by Gasteiger charge is 2.06. The van der Waals surface area contributed by atoms with E-state index < -0.39 is 0 Å². The van der Waals surface area contributed by atoms with Crippen molar-refractivity contribution in [1.82, 2.24) is 9.55 Å². The number of fused-ring (bicyclic) bond motifs is 1. The van der Waals surface area contributed by atoms with Crippen LogP contribution in [0.4, 0.5) is 0 Å². The van der Waals surface area contributed by atoms with E-state index in [9.17, 15) is 0 Å². The zero-order valence-corrected chi connectivity index (χ0v) is 10.8. The van der Waals surface area contributed by atoms with E-state index in [2.05, 4.69) is 34.4 Å². The van der Waals surface area contributed by atoms with Crippen molar-refractivity contribution in [2.24, 2.45) is 5.73 Å². The molecule has 0 atom stereocenters. The van der Waals surface area contributed by atoms with Crippen LogP contribution < -0.4 is 5.73 Å². The fourth-order valence-electron chi connectivity index (χ4n) is 2.03. The Morgan fingerprint density at radius 3 is 2.89 bits per heavy atom. The van der Waals surface area contributed by atoms with Crippen LogP contribution in [-0.4, -0.2) is 16.1 Å². The van der Waals surface area contributed by atoms with Gasteiger partial charge < -0.3 is 10.3 Å². The molecule has 0 saturated heterocycles. The van der Waals surface area contributed by atoms with Crippen molar-refractivity contribution in [3.63, 3.8) is 0 Å². The normalized spacial score (nSPS) is 10.3. The van der Waals surface area contributed by atoms with Gasteiger partial charge in [0.15, 0.2) is 0 Å². The topological polar surface area (TPSA) is 43.8 Å². The number of imidazole rings is 1. The Morgan fingerprint density at radius 1 is 1.28 bits per heavy atom. The molecule has 0 saturated carbocycles. The van der Waals surface area contributed by atoms with E-state index in [1.54, 1.807) is 0 Å². The Hall–Kier alpha value is -1.79. The minimum absolute atomic E-state index is 0.710. The van der Waals surface area contributed by atoms with Crippen molar-refractivity contribution >= 4 is 11.0 Å². The van der Waals surface area contributed by atoms with Gasteiger partial charge in [-0.3, -0.25) is 0 Å². The van der Waals surface area contributed by atoms with Crippen LogP contribution >= 0.6 is 0 Å². The number of rotatable bonds is 4. The Morgan fingerprint density at radius 2 is 2.11 bits per heavy atom. The van der Waals surface area contributed by atoms with Crippen LogP contribution in [0.3, 0.4) is 0 Å². The summed E-state index contributed by atoms with van der Waals surface area (Å²) in [5.74, 6) is 7.38. The Labute approximate surface area is 108 Å². The molecular weight excluding hydrogens is 222 g/mol. The molecule has 1 aromatic heterocycles. The minimum atomic E-state index is 0.710. The molecule has 0 radical (unpaired) electrons. The van der Waals surface area contributed by atoms with Gasteiger partial charge in [0, 0.05) is 13.0 Å². The Kier molecular flexibility index (Phi) is 4.38. The summed E-state index contributed by atoms with van der Waals surface area (Å²) in [6.45, 7) is 3.78. The van der Waals surface area contributed by atoms with E-state index >= 15 is 0 Å². The summed E-state index contributed by atoms with van der Waals surface area (Å²) in [5, 5.41) is 0. The van der Waals surface area contributed by atoms with Gasteiger partial charge in [0.05, 0.1) is 17.5 Å². The lowest BCUT2D eigenvalue weighted by atomic mass is 10.3. The molecule has 0 unspecified atom stereocenters. The highest BCUT2D eigenvalue weighted by molar-refractivity contribution is 5.75. The van der Waals surface area contributed by atoms with E-state index in [1.807, 2.05) is 18.2 Å². The molecule has 0 fully saturated rings. The molecule has 0 bridgehead atoms. The second-order valence-electron chi connectivity index (χ2n) is 4.18. The lowest BCUT2D eigenvalue weighted by Gasteiger charge is -2.02. The number of nitrogens with two attached hydrogens (primary N) is 1. The van der Waals surface area contributed by atoms with Gasteiger partial charge >= 0.3 is 0 Å². The van der Waals surface area contributed by atoms with Gasteiger partial charge in [0.25, 0.3) is 0 Å². The third-order valence-corrected chi connectivity index (χ3v) is 2.93. The second kappa shape index (κ2) is 6.23. The molecule has 1 heterocycles. The molecule has 0 aliphatic carbocycles. The predicted molar refractivity (Wildman–Crippen MR) is 75.2 cm³/mol. The number of aromatic nitrogens is 2. The summed E-state index contributed by atoms with van der Waals surface area (Å²) < 4.78 is 2.23. The zero-order chi connectivity index (χ0) is 12.8. The monoisotopic (exact) mass is 241 g/mol. The fourth-order valence-corrected chi connectivity index (χ4v) is 2.03. The smallest absolute Gasteiger partial charge is 0.121 e. The molecule has 3 nitrogen and oxygen atoms in total. The summed E-state index contributed by atoms with van der Waals surface area (Å²) in [6.07, 6.45) is 2.56. The molecular formula is C15H19N3. The zero-order valence-electron chi connectivity index (χ0n) is 10.8. The average Bonchev–Trinajstić information content (AvgIpc) is 2.76. The molecule has 1 aromatic carbocycles. The first-order chi connectivity index (χ1) is 8.86. The standard InChI is InChI=1S/C15H19N3/c1-2-18-14-10-7-6-9-13(14)17-15(18)11-5-3-4-8-12-16/h6-7,9-10H,2,4,8,11-12,16H2,1H3. The van der Waals surface area contributed by atoms with Crippen LogP contribution in [0, 0.1) is 11.8 Å². The van der Waals surface area contributed by atoms with Gasteiger partial charge in [-0.1, -0.05) is 18.1 Å². The van der Waals surface area contributed by atoms with E-state index in [-0.39, 0.29) is 0 Å². The predicted octanol–water partition coefficient (Wildman–Crippen LogP) is 2.34. The third-order valence-electron chi connectivity index (χ3n) is 2.93. The fraction of sp³-hybridized carbons (Fsp3) is 0.400.